The lowest BCUT2D eigenvalue weighted by molar-refractivity contribution is -0.384. The van der Waals surface area contributed by atoms with Crippen molar-refractivity contribution in [2.45, 2.75) is 6.92 Å². The van der Waals surface area contributed by atoms with E-state index in [-0.39, 0.29) is 5.69 Å². The van der Waals surface area contributed by atoms with Crippen molar-refractivity contribution in [2.24, 2.45) is 0 Å². The summed E-state index contributed by atoms with van der Waals surface area (Å²) >= 11 is 0. The topological polar surface area (TPSA) is 95.8 Å². The standard InChI is InChI=1S/C12H18N4O4S/c1-2-13-21(19,20)15-9-7-14(8-10-15)11-3-5-12(6-4-11)16(17)18/h3-6,13H,2,7-10H2,1H3. The molecule has 0 aliphatic carbocycles. The maximum Gasteiger partial charge on any atom is 0.279 e. The number of hydrogen-bond donors (Lipinski definition) is 1. The third-order valence-electron chi connectivity index (χ3n) is 3.33. The highest BCUT2D eigenvalue weighted by atomic mass is 32.2. The van der Waals surface area contributed by atoms with Crippen LogP contribution in [0, 0.1) is 10.1 Å². The fraction of sp³-hybridized carbons (Fsp3) is 0.500. The molecule has 0 spiro atoms. The first kappa shape index (κ1) is 15.7. The van der Waals surface area contributed by atoms with Gasteiger partial charge in [-0.1, -0.05) is 6.92 Å². The second-order valence-electron chi connectivity index (χ2n) is 4.66. The summed E-state index contributed by atoms with van der Waals surface area (Å²) in [5.74, 6) is 0. The average Bonchev–Trinajstić information content (AvgIpc) is 2.47. The number of nitro benzene ring substituents is 1. The second kappa shape index (κ2) is 6.37. The van der Waals surface area contributed by atoms with E-state index in [1.54, 1.807) is 19.1 Å². The molecule has 8 nitrogen and oxygen atoms in total. The van der Waals surface area contributed by atoms with Crippen LogP contribution in [0.4, 0.5) is 11.4 Å². The number of nitrogens with zero attached hydrogens (tertiary/aromatic N) is 3. The zero-order valence-corrected chi connectivity index (χ0v) is 12.5. The molecule has 0 unspecified atom stereocenters. The lowest BCUT2D eigenvalue weighted by Gasteiger charge is -2.35. The van der Waals surface area contributed by atoms with Crippen molar-refractivity contribution < 1.29 is 13.3 Å². The molecule has 0 radical (unpaired) electrons. The Bertz CT molecular complexity index is 594. The first-order valence-electron chi connectivity index (χ1n) is 6.68. The molecule has 1 heterocycles. The molecule has 0 amide bonds. The number of nitrogens with one attached hydrogen (secondary N) is 1. The van der Waals surface area contributed by atoms with Crippen LogP contribution in [0.15, 0.2) is 24.3 Å². The van der Waals surface area contributed by atoms with Crippen LogP contribution in [-0.4, -0.2) is 50.4 Å². The van der Waals surface area contributed by atoms with Gasteiger partial charge in [0.2, 0.25) is 0 Å². The Kier molecular flexibility index (Phi) is 4.76. The summed E-state index contributed by atoms with van der Waals surface area (Å²) in [7, 11) is -3.39. The predicted molar refractivity (Wildman–Crippen MR) is 79.5 cm³/mol. The summed E-state index contributed by atoms with van der Waals surface area (Å²) in [4.78, 5) is 12.2. The van der Waals surface area contributed by atoms with Crippen LogP contribution in [0.3, 0.4) is 0 Å². The van der Waals surface area contributed by atoms with Gasteiger partial charge in [-0.2, -0.15) is 12.7 Å². The van der Waals surface area contributed by atoms with Gasteiger partial charge in [0.25, 0.3) is 15.9 Å². The minimum Gasteiger partial charge on any atom is -0.369 e. The van der Waals surface area contributed by atoms with Gasteiger partial charge in [-0.15, -0.1) is 0 Å². The second-order valence-corrected chi connectivity index (χ2v) is 6.42. The van der Waals surface area contributed by atoms with Crippen LogP contribution >= 0.6 is 0 Å². The van der Waals surface area contributed by atoms with Gasteiger partial charge < -0.3 is 4.90 Å². The molecule has 1 aromatic carbocycles. The summed E-state index contributed by atoms with van der Waals surface area (Å²) in [6.07, 6.45) is 0. The fourth-order valence-corrected chi connectivity index (χ4v) is 3.44. The molecular weight excluding hydrogens is 296 g/mol. The Balaban J connectivity index is 1.99. The maximum atomic E-state index is 11.9. The van der Waals surface area contributed by atoms with Crippen LogP contribution in [0.5, 0.6) is 0 Å². The van der Waals surface area contributed by atoms with Gasteiger partial charge in [0.1, 0.15) is 0 Å². The van der Waals surface area contributed by atoms with Gasteiger partial charge in [-0.25, -0.2) is 4.72 Å². The molecule has 0 atom stereocenters. The monoisotopic (exact) mass is 314 g/mol. The number of hydrogen-bond acceptors (Lipinski definition) is 5. The molecule has 116 valence electrons. The number of piperazine rings is 1. The minimum absolute atomic E-state index is 0.0482. The Hall–Kier alpha value is -1.71. The van der Waals surface area contributed by atoms with Crippen LogP contribution in [0.1, 0.15) is 6.92 Å². The molecule has 0 saturated carbocycles. The third kappa shape index (κ3) is 3.69. The predicted octanol–water partition coefficient (Wildman–Crippen LogP) is 0.571. The quantitative estimate of drug-likeness (QED) is 0.633. The summed E-state index contributed by atoms with van der Waals surface area (Å²) in [5, 5.41) is 10.6. The number of non-ortho nitro benzene ring substituents is 1. The van der Waals surface area contributed by atoms with E-state index in [2.05, 4.69) is 4.72 Å². The van der Waals surface area contributed by atoms with Crippen molar-refractivity contribution in [1.29, 1.82) is 0 Å². The summed E-state index contributed by atoms with van der Waals surface area (Å²) in [5.41, 5.74) is 0.910. The molecule has 2 rings (SSSR count). The molecular formula is C12H18N4O4S. The summed E-state index contributed by atoms with van der Waals surface area (Å²) in [6.45, 7) is 4.01. The maximum absolute atomic E-state index is 11.9. The molecule has 1 aliphatic rings. The van der Waals surface area contributed by atoms with E-state index >= 15 is 0 Å². The molecule has 1 saturated heterocycles. The van der Waals surface area contributed by atoms with E-state index in [0.717, 1.165) is 5.69 Å². The molecule has 21 heavy (non-hydrogen) atoms. The SMILES string of the molecule is CCNS(=O)(=O)N1CCN(c2ccc([N+](=O)[O-])cc2)CC1. The van der Waals surface area contributed by atoms with Gasteiger partial charge in [0, 0.05) is 50.5 Å². The van der Waals surface area contributed by atoms with E-state index in [4.69, 9.17) is 0 Å². The highest BCUT2D eigenvalue weighted by Crippen LogP contribution is 2.21. The van der Waals surface area contributed by atoms with Crippen molar-refractivity contribution in [1.82, 2.24) is 9.03 Å². The number of benzene rings is 1. The highest BCUT2D eigenvalue weighted by Gasteiger charge is 2.26. The lowest BCUT2D eigenvalue weighted by atomic mass is 10.2. The van der Waals surface area contributed by atoms with Crippen LogP contribution in [0.2, 0.25) is 0 Å². The highest BCUT2D eigenvalue weighted by molar-refractivity contribution is 7.87. The summed E-state index contributed by atoms with van der Waals surface area (Å²) < 4.78 is 27.6. The van der Waals surface area contributed by atoms with E-state index < -0.39 is 15.1 Å². The normalized spacial score (nSPS) is 16.9. The van der Waals surface area contributed by atoms with Crippen LogP contribution < -0.4 is 9.62 Å². The smallest absolute Gasteiger partial charge is 0.279 e. The Morgan fingerprint density at radius 3 is 2.24 bits per heavy atom. The summed E-state index contributed by atoms with van der Waals surface area (Å²) in [6, 6.07) is 6.29. The molecule has 1 aliphatic heterocycles. The van der Waals surface area contributed by atoms with E-state index in [0.29, 0.717) is 32.7 Å². The zero-order chi connectivity index (χ0) is 15.5. The van der Waals surface area contributed by atoms with Crippen LogP contribution in [0.25, 0.3) is 0 Å². The van der Waals surface area contributed by atoms with Gasteiger partial charge in [0.15, 0.2) is 0 Å². The molecule has 0 aromatic heterocycles. The van der Waals surface area contributed by atoms with Gasteiger partial charge in [0.05, 0.1) is 4.92 Å². The van der Waals surface area contributed by atoms with E-state index in [1.807, 2.05) is 4.90 Å². The Morgan fingerprint density at radius 1 is 1.19 bits per heavy atom. The van der Waals surface area contributed by atoms with Crippen molar-refractivity contribution in [3.8, 4) is 0 Å². The molecule has 1 N–H and O–H groups in total. The van der Waals surface area contributed by atoms with Gasteiger partial charge in [-0.3, -0.25) is 10.1 Å². The average molecular weight is 314 g/mol. The van der Waals surface area contributed by atoms with E-state index in [9.17, 15) is 18.5 Å². The van der Waals surface area contributed by atoms with Crippen molar-refractivity contribution >= 4 is 21.6 Å². The Labute approximate surface area is 123 Å². The largest absolute Gasteiger partial charge is 0.369 e. The van der Waals surface area contributed by atoms with Gasteiger partial charge in [-0.05, 0) is 12.1 Å². The minimum atomic E-state index is -3.39. The fourth-order valence-electron chi connectivity index (χ4n) is 2.25. The molecule has 1 aromatic rings. The molecule has 0 bridgehead atoms. The zero-order valence-electron chi connectivity index (χ0n) is 11.7. The first-order valence-corrected chi connectivity index (χ1v) is 8.12. The van der Waals surface area contributed by atoms with Gasteiger partial charge >= 0.3 is 0 Å². The molecule has 9 heteroatoms. The Morgan fingerprint density at radius 2 is 1.76 bits per heavy atom. The van der Waals surface area contributed by atoms with Crippen molar-refractivity contribution in [3.05, 3.63) is 34.4 Å². The van der Waals surface area contributed by atoms with E-state index in [1.165, 1.54) is 16.4 Å². The van der Waals surface area contributed by atoms with Crippen molar-refractivity contribution in [3.63, 3.8) is 0 Å². The third-order valence-corrected chi connectivity index (χ3v) is 5.03. The first-order chi connectivity index (χ1) is 9.94. The number of nitro groups is 1. The lowest BCUT2D eigenvalue weighted by Crippen LogP contribution is -2.52. The number of anilines is 1. The van der Waals surface area contributed by atoms with Crippen molar-refractivity contribution in [2.75, 3.05) is 37.6 Å². The molecule has 1 fully saturated rings. The number of rotatable bonds is 5. The van der Waals surface area contributed by atoms with Crippen LogP contribution in [-0.2, 0) is 10.2 Å².